The summed E-state index contributed by atoms with van der Waals surface area (Å²) < 4.78 is 35.0. The lowest BCUT2D eigenvalue weighted by atomic mass is 10.0. The summed E-state index contributed by atoms with van der Waals surface area (Å²) in [4.78, 5) is 17.8. The largest absolute Gasteiger partial charge is 0.437 e. The van der Waals surface area contributed by atoms with Gasteiger partial charge in [-0.2, -0.15) is 0 Å². The van der Waals surface area contributed by atoms with Gasteiger partial charge in [0, 0.05) is 41.1 Å². The quantitative estimate of drug-likeness (QED) is 0.209. The van der Waals surface area contributed by atoms with Gasteiger partial charge in [-0.25, -0.2) is 28.4 Å². The number of ether oxygens (including phenoxy) is 1. The summed E-state index contributed by atoms with van der Waals surface area (Å²) >= 11 is 1.36. The van der Waals surface area contributed by atoms with Gasteiger partial charge < -0.3 is 15.4 Å². The first kappa shape index (κ1) is 27.1. The number of aryl methyl sites for hydroxylation is 1. The van der Waals surface area contributed by atoms with Crippen molar-refractivity contribution in [2.75, 3.05) is 23.1 Å². The van der Waals surface area contributed by atoms with E-state index >= 15 is 0 Å². The van der Waals surface area contributed by atoms with E-state index in [4.69, 9.17) is 9.72 Å². The van der Waals surface area contributed by atoms with E-state index in [2.05, 4.69) is 30.3 Å². The Kier molecular flexibility index (Phi) is 7.77. The second-order valence-electron chi connectivity index (χ2n) is 9.86. The number of hydrogen-bond acceptors (Lipinski definition) is 10. The van der Waals surface area contributed by atoms with Crippen LogP contribution in [0.1, 0.15) is 24.1 Å². The van der Waals surface area contributed by atoms with Crippen LogP contribution in [0.5, 0.6) is 11.6 Å². The number of fused-ring (bicyclic) bond motifs is 1. The topological polar surface area (TPSA) is 131 Å². The highest BCUT2D eigenvalue weighted by Gasteiger charge is 2.19. The maximum absolute atomic E-state index is 12.9. The summed E-state index contributed by atoms with van der Waals surface area (Å²) in [5, 5.41) is 10.0. The van der Waals surface area contributed by atoms with Crippen molar-refractivity contribution in [2.24, 2.45) is 0 Å². The van der Waals surface area contributed by atoms with Crippen LogP contribution in [0, 0.1) is 6.92 Å². The van der Waals surface area contributed by atoms with Gasteiger partial charge in [-0.15, -0.1) is 11.3 Å². The second-order valence-corrected chi connectivity index (χ2v) is 12.3. The predicted molar refractivity (Wildman–Crippen MR) is 162 cm³/mol. The average Bonchev–Trinajstić information content (AvgIpc) is 3.48. The van der Waals surface area contributed by atoms with E-state index < -0.39 is 10.0 Å². The van der Waals surface area contributed by atoms with Gasteiger partial charge in [0.05, 0.1) is 28.1 Å². The van der Waals surface area contributed by atoms with Crippen molar-refractivity contribution in [2.45, 2.75) is 31.6 Å². The number of sulfonamides is 1. The van der Waals surface area contributed by atoms with Gasteiger partial charge in [0.15, 0.2) is 0 Å². The van der Waals surface area contributed by atoms with Gasteiger partial charge in [-0.05, 0) is 56.1 Å². The number of anilines is 2. The van der Waals surface area contributed by atoms with Gasteiger partial charge in [0.1, 0.15) is 11.5 Å². The minimum absolute atomic E-state index is 0.202. The highest BCUT2D eigenvalue weighted by atomic mass is 32.2. The van der Waals surface area contributed by atoms with Gasteiger partial charge >= 0.3 is 0 Å². The standard InChI is InChI=1S/C29H29N7O3S2/c1-19-9-10-22-23(6-2-8-26(22)36-41(37,38)17-21-16-40-18-33-21)27(19)39-28-24(7-4-13-31-28)25-11-14-32-29(35-25)34-20-5-3-12-30-15-20/h2,4,6-11,13-14,16,18,20,30,36H,3,5,12,15,17H2,1H3,(H,32,34,35). The maximum atomic E-state index is 12.9. The Morgan fingerprint density at radius 3 is 2.80 bits per heavy atom. The fraction of sp³-hybridized carbons (Fsp3) is 0.241. The fourth-order valence-electron chi connectivity index (χ4n) is 4.87. The zero-order valence-electron chi connectivity index (χ0n) is 22.4. The maximum Gasteiger partial charge on any atom is 0.238 e. The molecule has 10 nitrogen and oxygen atoms in total. The van der Waals surface area contributed by atoms with Crippen molar-refractivity contribution in [3.63, 3.8) is 0 Å². The number of benzene rings is 2. The summed E-state index contributed by atoms with van der Waals surface area (Å²) in [7, 11) is -3.67. The van der Waals surface area contributed by atoms with Gasteiger partial charge in [0.2, 0.25) is 21.9 Å². The summed E-state index contributed by atoms with van der Waals surface area (Å²) in [5.74, 6) is 1.33. The summed E-state index contributed by atoms with van der Waals surface area (Å²) in [6.07, 6.45) is 5.57. The Balaban J connectivity index is 1.31. The third-order valence-corrected chi connectivity index (χ3v) is 8.67. The number of thiazole rings is 1. The molecule has 4 heterocycles. The van der Waals surface area contributed by atoms with Crippen molar-refractivity contribution >= 4 is 43.8 Å². The van der Waals surface area contributed by atoms with Gasteiger partial charge in [-0.3, -0.25) is 4.72 Å². The summed E-state index contributed by atoms with van der Waals surface area (Å²) in [6.45, 7) is 3.85. The van der Waals surface area contributed by atoms with E-state index in [1.165, 1.54) is 11.3 Å². The van der Waals surface area contributed by atoms with Crippen LogP contribution in [0.3, 0.4) is 0 Å². The molecule has 1 aliphatic heterocycles. The van der Waals surface area contributed by atoms with Gasteiger partial charge in [0.25, 0.3) is 0 Å². The number of pyridine rings is 1. The van der Waals surface area contributed by atoms with Crippen molar-refractivity contribution in [1.29, 1.82) is 0 Å². The molecule has 6 rings (SSSR count). The Bertz CT molecular complexity index is 1770. The van der Waals surface area contributed by atoms with Gasteiger partial charge in [-0.1, -0.05) is 24.3 Å². The second kappa shape index (κ2) is 11.8. The normalized spacial score (nSPS) is 15.5. The lowest BCUT2D eigenvalue weighted by Crippen LogP contribution is -2.38. The molecule has 0 amide bonds. The number of nitrogens with one attached hydrogen (secondary N) is 3. The van der Waals surface area contributed by atoms with Crippen LogP contribution >= 0.6 is 11.3 Å². The first-order chi connectivity index (χ1) is 19.9. The number of aromatic nitrogens is 4. The highest BCUT2D eigenvalue weighted by molar-refractivity contribution is 7.91. The molecule has 3 N–H and O–H groups in total. The lowest BCUT2D eigenvalue weighted by molar-refractivity contribution is 0.466. The van der Waals surface area contributed by atoms with Crippen molar-refractivity contribution in [3.05, 3.63) is 83.1 Å². The highest BCUT2D eigenvalue weighted by Crippen LogP contribution is 2.39. The fourth-order valence-corrected chi connectivity index (χ4v) is 6.67. The monoisotopic (exact) mass is 587 g/mol. The summed E-state index contributed by atoms with van der Waals surface area (Å²) in [5.41, 5.74) is 4.87. The Hall–Kier alpha value is -4.13. The van der Waals surface area contributed by atoms with Crippen LogP contribution in [0.25, 0.3) is 22.0 Å². The summed E-state index contributed by atoms with van der Waals surface area (Å²) in [6, 6.07) is 15.1. The van der Waals surface area contributed by atoms with Crippen LogP contribution < -0.4 is 20.1 Å². The molecule has 0 spiro atoms. The zero-order valence-corrected chi connectivity index (χ0v) is 24.0. The van der Waals surface area contributed by atoms with E-state index in [0.717, 1.165) is 42.4 Å². The molecule has 1 saturated heterocycles. The molecule has 1 unspecified atom stereocenters. The molecule has 0 radical (unpaired) electrons. The van der Waals surface area contributed by atoms with Crippen LogP contribution in [-0.2, 0) is 15.8 Å². The molecule has 0 aliphatic carbocycles. The molecular formula is C29H29N7O3S2. The van der Waals surface area contributed by atoms with E-state index in [1.807, 2.05) is 43.3 Å². The Morgan fingerprint density at radius 1 is 1.05 bits per heavy atom. The molecule has 1 fully saturated rings. The number of piperidine rings is 1. The molecular weight excluding hydrogens is 558 g/mol. The van der Waals surface area contributed by atoms with Crippen LogP contribution in [-0.4, -0.2) is 47.5 Å². The first-order valence-corrected chi connectivity index (χ1v) is 15.9. The predicted octanol–water partition coefficient (Wildman–Crippen LogP) is 5.35. The number of hydrogen-bond donors (Lipinski definition) is 3. The smallest absolute Gasteiger partial charge is 0.238 e. The molecule has 2 aromatic carbocycles. The molecule has 12 heteroatoms. The van der Waals surface area contributed by atoms with Crippen LogP contribution in [0.2, 0.25) is 0 Å². The third kappa shape index (κ3) is 6.29. The third-order valence-electron chi connectivity index (χ3n) is 6.83. The van der Waals surface area contributed by atoms with Crippen molar-refractivity contribution in [1.82, 2.24) is 25.3 Å². The molecule has 0 bridgehead atoms. The van der Waals surface area contributed by atoms with E-state index in [-0.39, 0.29) is 11.8 Å². The number of nitrogens with zero attached hydrogens (tertiary/aromatic N) is 4. The minimum atomic E-state index is -3.67. The average molecular weight is 588 g/mol. The van der Waals surface area contributed by atoms with Crippen molar-refractivity contribution in [3.8, 4) is 22.9 Å². The first-order valence-electron chi connectivity index (χ1n) is 13.3. The van der Waals surface area contributed by atoms with Crippen LogP contribution in [0.4, 0.5) is 11.6 Å². The molecule has 0 saturated carbocycles. The molecule has 5 aromatic rings. The zero-order chi connectivity index (χ0) is 28.2. The van der Waals surface area contributed by atoms with Crippen LogP contribution in [0.15, 0.2) is 71.8 Å². The van der Waals surface area contributed by atoms with E-state index in [9.17, 15) is 8.42 Å². The Labute approximate surface area is 242 Å². The lowest BCUT2D eigenvalue weighted by Gasteiger charge is -2.23. The molecule has 41 heavy (non-hydrogen) atoms. The SMILES string of the molecule is Cc1ccc2c(NS(=O)(=O)Cc3cscn3)cccc2c1Oc1ncccc1-c1ccnc(NC2CCCNC2)n1. The van der Waals surface area contributed by atoms with Crippen molar-refractivity contribution < 1.29 is 13.2 Å². The van der Waals surface area contributed by atoms with E-state index in [0.29, 0.717) is 40.0 Å². The number of rotatable bonds is 9. The molecule has 1 atom stereocenters. The minimum Gasteiger partial charge on any atom is -0.437 e. The molecule has 210 valence electrons. The molecule has 3 aromatic heterocycles. The molecule has 1 aliphatic rings. The van der Waals surface area contributed by atoms with E-state index in [1.54, 1.807) is 35.4 Å². The Morgan fingerprint density at radius 2 is 1.98 bits per heavy atom.